The van der Waals surface area contributed by atoms with E-state index in [0.717, 1.165) is 41.1 Å². The second-order valence-corrected chi connectivity index (χ2v) is 11.4. The van der Waals surface area contributed by atoms with Crippen LogP contribution in [-0.4, -0.2) is 59.5 Å². The minimum absolute atomic E-state index is 0.00799. The number of nitrogens with zero attached hydrogens (tertiary/aromatic N) is 2. The number of hydrogen-bond acceptors (Lipinski definition) is 6. The molecule has 224 valence electrons. The summed E-state index contributed by atoms with van der Waals surface area (Å²) < 4.78 is 0. The Balaban J connectivity index is 1.28. The van der Waals surface area contributed by atoms with Crippen molar-refractivity contribution in [2.75, 3.05) is 18.9 Å². The van der Waals surface area contributed by atoms with Gasteiger partial charge in [-0.2, -0.15) is 0 Å². The standard InChI is InChI=1S/C32H32Cl2N4O5/c1-20(3-12-29(40)35-19-39)38-31(42)26-11-10-25(17-27(26)32(38)43)36-30(41)15-21-4-6-22(7-5-21)18-37(2)14-13-23-8-9-24(33)16-28(23)34/h4-11,16-17,19-20H,3,12-15,18H2,1-2H3,(H,36,41)(H,35,39,40). The van der Waals surface area contributed by atoms with Gasteiger partial charge in [-0.1, -0.05) is 53.5 Å². The van der Waals surface area contributed by atoms with Gasteiger partial charge in [-0.05, 0) is 73.8 Å². The number of fused-ring (bicyclic) bond motifs is 1. The molecule has 0 aliphatic carbocycles. The summed E-state index contributed by atoms with van der Waals surface area (Å²) in [5.41, 5.74) is 3.83. The first-order chi connectivity index (χ1) is 20.5. The molecule has 2 N–H and O–H groups in total. The molecule has 3 aromatic rings. The third-order valence-electron chi connectivity index (χ3n) is 7.27. The van der Waals surface area contributed by atoms with Gasteiger partial charge in [-0.25, -0.2) is 0 Å². The first-order valence-electron chi connectivity index (χ1n) is 13.8. The molecule has 1 heterocycles. The molecule has 0 radical (unpaired) electrons. The van der Waals surface area contributed by atoms with E-state index in [1.807, 2.05) is 48.8 Å². The quantitative estimate of drug-likeness (QED) is 0.207. The fraction of sp³-hybridized carbons (Fsp3) is 0.281. The molecule has 0 spiro atoms. The van der Waals surface area contributed by atoms with Crippen LogP contribution in [0.5, 0.6) is 0 Å². The van der Waals surface area contributed by atoms with E-state index in [4.69, 9.17) is 23.2 Å². The number of carbonyl (C=O) groups is 5. The van der Waals surface area contributed by atoms with Crippen LogP contribution in [0, 0.1) is 0 Å². The van der Waals surface area contributed by atoms with Crippen molar-refractivity contribution in [3.05, 3.63) is 98.5 Å². The molecule has 9 nitrogen and oxygen atoms in total. The lowest BCUT2D eigenvalue weighted by Crippen LogP contribution is -2.38. The molecule has 1 unspecified atom stereocenters. The number of anilines is 1. The Morgan fingerprint density at radius 1 is 0.930 bits per heavy atom. The van der Waals surface area contributed by atoms with Gasteiger partial charge in [0, 0.05) is 41.3 Å². The topological polar surface area (TPSA) is 116 Å². The van der Waals surface area contributed by atoms with Crippen LogP contribution >= 0.6 is 23.2 Å². The van der Waals surface area contributed by atoms with Gasteiger partial charge in [-0.15, -0.1) is 0 Å². The van der Waals surface area contributed by atoms with Crippen LogP contribution in [-0.2, 0) is 33.8 Å². The Bertz CT molecular complexity index is 1540. The SMILES string of the molecule is CC(CCC(=O)NC=O)N1C(=O)c2ccc(NC(=O)Cc3ccc(CN(C)CCc4ccc(Cl)cc4Cl)cc3)cc2C1=O. The molecule has 5 amide bonds. The predicted molar refractivity (Wildman–Crippen MR) is 165 cm³/mol. The number of benzene rings is 3. The minimum Gasteiger partial charge on any atom is -0.326 e. The zero-order chi connectivity index (χ0) is 31.1. The average molecular weight is 624 g/mol. The van der Waals surface area contributed by atoms with E-state index in [-0.39, 0.29) is 36.3 Å². The maximum Gasteiger partial charge on any atom is 0.261 e. The molecule has 11 heteroatoms. The summed E-state index contributed by atoms with van der Waals surface area (Å²) in [6, 6.07) is 17.4. The summed E-state index contributed by atoms with van der Waals surface area (Å²) in [4.78, 5) is 64.0. The van der Waals surface area contributed by atoms with E-state index in [9.17, 15) is 24.0 Å². The van der Waals surface area contributed by atoms with Crippen LogP contribution in [0.25, 0.3) is 0 Å². The molecule has 4 rings (SSSR count). The van der Waals surface area contributed by atoms with Crippen molar-refractivity contribution in [3.8, 4) is 0 Å². The third-order valence-corrected chi connectivity index (χ3v) is 7.86. The normalized spacial score (nSPS) is 13.2. The van der Waals surface area contributed by atoms with Crippen LogP contribution in [0.1, 0.15) is 57.2 Å². The summed E-state index contributed by atoms with van der Waals surface area (Å²) in [5.74, 6) is -1.69. The lowest BCUT2D eigenvalue weighted by molar-refractivity contribution is -0.125. The van der Waals surface area contributed by atoms with Crippen molar-refractivity contribution >= 4 is 58.9 Å². The highest BCUT2D eigenvalue weighted by Gasteiger charge is 2.38. The van der Waals surface area contributed by atoms with Crippen LogP contribution in [0.2, 0.25) is 10.0 Å². The van der Waals surface area contributed by atoms with Crippen molar-refractivity contribution in [1.82, 2.24) is 15.1 Å². The Kier molecular flexibility index (Phi) is 10.7. The highest BCUT2D eigenvalue weighted by Crippen LogP contribution is 2.29. The first-order valence-corrected chi connectivity index (χ1v) is 14.6. The van der Waals surface area contributed by atoms with Crippen molar-refractivity contribution in [3.63, 3.8) is 0 Å². The largest absolute Gasteiger partial charge is 0.326 e. The van der Waals surface area contributed by atoms with Crippen LogP contribution in [0.4, 0.5) is 5.69 Å². The zero-order valence-electron chi connectivity index (χ0n) is 23.9. The number of rotatable bonds is 13. The summed E-state index contributed by atoms with van der Waals surface area (Å²) >= 11 is 12.3. The van der Waals surface area contributed by atoms with Crippen molar-refractivity contribution in [2.24, 2.45) is 0 Å². The summed E-state index contributed by atoms with van der Waals surface area (Å²) in [7, 11) is 2.04. The Hall–Kier alpha value is -4.05. The Morgan fingerprint density at radius 3 is 2.33 bits per heavy atom. The molecule has 1 atom stereocenters. The fourth-order valence-corrected chi connectivity index (χ4v) is 5.43. The molecule has 43 heavy (non-hydrogen) atoms. The highest BCUT2D eigenvalue weighted by atomic mass is 35.5. The molecular weight excluding hydrogens is 591 g/mol. The van der Waals surface area contributed by atoms with E-state index in [2.05, 4.69) is 10.2 Å². The number of nitrogens with one attached hydrogen (secondary N) is 2. The van der Waals surface area contributed by atoms with Crippen LogP contribution in [0.15, 0.2) is 60.7 Å². The second kappa shape index (κ2) is 14.4. The summed E-state index contributed by atoms with van der Waals surface area (Å²) in [6.07, 6.45) is 1.43. The van der Waals surface area contributed by atoms with Gasteiger partial charge in [0.15, 0.2) is 0 Å². The predicted octanol–water partition coefficient (Wildman–Crippen LogP) is 4.89. The first kappa shape index (κ1) is 31.9. The van der Waals surface area contributed by atoms with Crippen molar-refractivity contribution in [2.45, 2.75) is 45.2 Å². The lowest BCUT2D eigenvalue weighted by Gasteiger charge is -2.22. The molecule has 0 aromatic heterocycles. The third kappa shape index (κ3) is 8.28. The Morgan fingerprint density at radius 2 is 1.63 bits per heavy atom. The molecule has 0 bridgehead atoms. The van der Waals surface area contributed by atoms with Gasteiger partial charge >= 0.3 is 0 Å². The molecule has 1 aliphatic heterocycles. The number of carbonyl (C=O) groups excluding carboxylic acids is 5. The molecule has 0 saturated heterocycles. The number of imide groups is 2. The number of amides is 5. The van der Waals surface area contributed by atoms with E-state index in [1.54, 1.807) is 19.1 Å². The molecule has 1 aliphatic rings. The van der Waals surface area contributed by atoms with Crippen LogP contribution in [0.3, 0.4) is 0 Å². The highest BCUT2D eigenvalue weighted by molar-refractivity contribution is 6.35. The van der Waals surface area contributed by atoms with Gasteiger partial charge in [0.25, 0.3) is 11.8 Å². The number of likely N-dealkylation sites (N-methyl/N-ethyl adjacent to an activating group) is 1. The summed E-state index contributed by atoms with van der Waals surface area (Å²) in [6.45, 7) is 3.22. The van der Waals surface area contributed by atoms with E-state index < -0.39 is 23.8 Å². The minimum atomic E-state index is -0.549. The smallest absolute Gasteiger partial charge is 0.261 e. The van der Waals surface area contributed by atoms with E-state index in [0.29, 0.717) is 22.1 Å². The second-order valence-electron chi connectivity index (χ2n) is 10.6. The zero-order valence-corrected chi connectivity index (χ0v) is 25.4. The van der Waals surface area contributed by atoms with Gasteiger partial charge in [0.2, 0.25) is 18.2 Å². The molecule has 0 fully saturated rings. The van der Waals surface area contributed by atoms with Crippen molar-refractivity contribution < 1.29 is 24.0 Å². The van der Waals surface area contributed by atoms with Gasteiger partial charge in [0.05, 0.1) is 17.5 Å². The fourth-order valence-electron chi connectivity index (χ4n) is 4.92. The maximum absolute atomic E-state index is 13.0. The molecule has 0 saturated carbocycles. The molecule has 3 aromatic carbocycles. The Labute approximate surface area is 260 Å². The monoisotopic (exact) mass is 622 g/mol. The maximum atomic E-state index is 13.0. The van der Waals surface area contributed by atoms with E-state index >= 15 is 0 Å². The molecular formula is C32H32Cl2N4O5. The average Bonchev–Trinajstić information content (AvgIpc) is 3.21. The number of halogens is 2. The van der Waals surface area contributed by atoms with Crippen molar-refractivity contribution in [1.29, 1.82) is 0 Å². The van der Waals surface area contributed by atoms with Crippen LogP contribution < -0.4 is 10.6 Å². The number of hydrogen-bond donors (Lipinski definition) is 2. The van der Waals surface area contributed by atoms with Gasteiger partial charge in [-0.3, -0.25) is 34.2 Å². The van der Waals surface area contributed by atoms with Gasteiger partial charge in [0.1, 0.15) is 0 Å². The summed E-state index contributed by atoms with van der Waals surface area (Å²) in [5, 5.41) is 6.12. The van der Waals surface area contributed by atoms with E-state index in [1.165, 1.54) is 12.1 Å². The lowest BCUT2D eigenvalue weighted by atomic mass is 10.1. The van der Waals surface area contributed by atoms with Gasteiger partial charge < -0.3 is 10.2 Å².